The summed E-state index contributed by atoms with van der Waals surface area (Å²) in [6, 6.07) is 10.2. The topological polar surface area (TPSA) is 117 Å². The van der Waals surface area contributed by atoms with Gasteiger partial charge >= 0.3 is 0 Å². The number of sulfonamides is 1. The fourth-order valence-electron chi connectivity index (χ4n) is 4.01. The average molecular weight is 500 g/mol. The van der Waals surface area contributed by atoms with Crippen molar-refractivity contribution in [2.45, 2.75) is 18.7 Å². The van der Waals surface area contributed by atoms with E-state index in [4.69, 9.17) is 23.2 Å². The van der Waals surface area contributed by atoms with Crippen LogP contribution < -0.4 is 9.47 Å². The van der Waals surface area contributed by atoms with E-state index < -0.39 is 10.0 Å². The molecule has 0 bridgehead atoms. The van der Waals surface area contributed by atoms with E-state index in [2.05, 4.69) is 10.1 Å². The lowest BCUT2D eigenvalue weighted by Crippen LogP contribution is -2.40. The van der Waals surface area contributed by atoms with Crippen molar-refractivity contribution >= 4 is 21.0 Å². The Morgan fingerprint density at radius 2 is 1.89 bits per heavy atom. The number of aromatic nitrogens is 2. The molecule has 0 aliphatic carbocycles. The summed E-state index contributed by atoms with van der Waals surface area (Å²) >= 11 is 0. The Bertz CT molecular complexity index is 1470. The van der Waals surface area contributed by atoms with Gasteiger partial charge in [0.2, 0.25) is 15.8 Å². The van der Waals surface area contributed by atoms with Gasteiger partial charge in [-0.25, -0.2) is 8.42 Å². The van der Waals surface area contributed by atoms with E-state index in [1.165, 1.54) is 4.31 Å². The molecule has 184 valence electrons. The molecule has 11 heteroatoms. The third-order valence-electron chi connectivity index (χ3n) is 5.86. The molecule has 1 fully saturated rings. The Morgan fingerprint density at radius 3 is 2.63 bits per heavy atom. The third kappa shape index (κ3) is 4.26. The monoisotopic (exact) mass is 499 g/mol. The van der Waals surface area contributed by atoms with Gasteiger partial charge < -0.3 is 23.2 Å². The van der Waals surface area contributed by atoms with Crippen LogP contribution in [0.2, 0.25) is 0 Å². The number of hydrogen-bond acceptors (Lipinski definition) is 9. The van der Waals surface area contributed by atoms with Crippen molar-refractivity contribution < 1.29 is 31.6 Å². The van der Waals surface area contributed by atoms with E-state index in [1.807, 2.05) is 19.9 Å². The molecule has 3 heterocycles. The first-order chi connectivity index (χ1) is 16.9. The van der Waals surface area contributed by atoms with Gasteiger partial charge in [-0.15, -0.1) is 0 Å². The summed E-state index contributed by atoms with van der Waals surface area (Å²) in [5.74, 6) is 2.12. The molecule has 35 heavy (non-hydrogen) atoms. The molecular formula is C24H25N3O7S. The predicted octanol–water partition coefficient (Wildman–Crippen LogP) is 3.89. The number of nitrogens with zero attached hydrogens (tertiary/aromatic N) is 3. The quantitative estimate of drug-likeness (QED) is 0.373. The number of morpholine rings is 1. The number of furan rings is 1. The number of benzene rings is 2. The van der Waals surface area contributed by atoms with Crippen molar-refractivity contribution in [3.8, 4) is 34.5 Å². The Kier molecular flexibility index (Phi) is 6.22. The maximum atomic E-state index is 13.1. The Balaban J connectivity index is 1.48. The van der Waals surface area contributed by atoms with E-state index >= 15 is 0 Å². The summed E-state index contributed by atoms with van der Waals surface area (Å²) in [7, 11) is -2.07. The van der Waals surface area contributed by atoms with Crippen LogP contribution in [0, 0.1) is 6.92 Å². The van der Waals surface area contributed by atoms with Crippen molar-refractivity contribution in [2.75, 3.05) is 40.0 Å². The van der Waals surface area contributed by atoms with E-state index in [-0.39, 0.29) is 10.8 Å². The highest BCUT2D eigenvalue weighted by Gasteiger charge is 2.28. The Labute approximate surface area is 202 Å². The predicted molar refractivity (Wildman–Crippen MR) is 127 cm³/mol. The van der Waals surface area contributed by atoms with E-state index in [1.54, 1.807) is 37.4 Å². The zero-order valence-corrected chi connectivity index (χ0v) is 20.4. The van der Waals surface area contributed by atoms with Gasteiger partial charge in [0.15, 0.2) is 17.3 Å². The average Bonchev–Trinajstić information content (AvgIpc) is 3.49. The zero-order valence-electron chi connectivity index (χ0n) is 19.6. The molecule has 0 spiro atoms. The highest BCUT2D eigenvalue weighted by Crippen LogP contribution is 2.36. The number of fused-ring (bicyclic) bond motifs is 1. The van der Waals surface area contributed by atoms with Crippen LogP contribution in [-0.2, 0) is 14.8 Å². The van der Waals surface area contributed by atoms with Crippen LogP contribution in [0.15, 0.2) is 50.2 Å². The van der Waals surface area contributed by atoms with Crippen molar-refractivity contribution in [2.24, 2.45) is 0 Å². The minimum atomic E-state index is -3.63. The molecule has 0 radical (unpaired) electrons. The summed E-state index contributed by atoms with van der Waals surface area (Å²) < 4.78 is 55.3. The number of methoxy groups -OCH3 is 1. The van der Waals surface area contributed by atoms with Crippen molar-refractivity contribution in [3.05, 3.63) is 42.0 Å². The third-order valence-corrected chi connectivity index (χ3v) is 7.75. The van der Waals surface area contributed by atoms with E-state index in [0.29, 0.717) is 78.1 Å². The lowest BCUT2D eigenvalue weighted by molar-refractivity contribution is 0.0730. The van der Waals surface area contributed by atoms with Crippen molar-refractivity contribution in [3.63, 3.8) is 0 Å². The second kappa shape index (κ2) is 9.33. The first kappa shape index (κ1) is 23.3. The van der Waals surface area contributed by atoms with E-state index in [9.17, 15) is 8.42 Å². The number of ether oxygens (including phenoxy) is 3. The molecule has 0 N–H and O–H groups in total. The molecule has 0 amide bonds. The molecule has 0 saturated carbocycles. The molecule has 1 aliphatic rings. The van der Waals surface area contributed by atoms with Crippen LogP contribution >= 0.6 is 0 Å². The van der Waals surface area contributed by atoms with Crippen LogP contribution in [0.3, 0.4) is 0 Å². The summed E-state index contributed by atoms with van der Waals surface area (Å²) in [5.41, 5.74) is 1.92. The maximum absolute atomic E-state index is 13.1. The lowest BCUT2D eigenvalue weighted by atomic mass is 10.1. The first-order valence-corrected chi connectivity index (χ1v) is 12.6. The molecule has 2 aromatic heterocycles. The van der Waals surface area contributed by atoms with E-state index in [0.717, 1.165) is 0 Å². The maximum Gasteiger partial charge on any atom is 0.294 e. The van der Waals surface area contributed by atoms with Gasteiger partial charge in [-0.05, 0) is 50.2 Å². The van der Waals surface area contributed by atoms with Gasteiger partial charge in [0.1, 0.15) is 5.58 Å². The van der Waals surface area contributed by atoms with Crippen LogP contribution in [0.1, 0.15) is 12.5 Å². The Morgan fingerprint density at radius 1 is 1.09 bits per heavy atom. The molecule has 1 aliphatic heterocycles. The van der Waals surface area contributed by atoms with Crippen LogP contribution in [0.25, 0.3) is 34.0 Å². The van der Waals surface area contributed by atoms with Gasteiger partial charge in [0.25, 0.3) is 5.89 Å². The van der Waals surface area contributed by atoms with Gasteiger partial charge in [-0.2, -0.15) is 9.29 Å². The number of aryl methyl sites for hydroxylation is 1. The number of hydrogen-bond donors (Lipinski definition) is 0. The summed E-state index contributed by atoms with van der Waals surface area (Å²) in [5, 5.41) is 4.75. The molecule has 1 saturated heterocycles. The van der Waals surface area contributed by atoms with Gasteiger partial charge in [-0.3, -0.25) is 0 Å². The highest BCUT2D eigenvalue weighted by molar-refractivity contribution is 7.89. The van der Waals surface area contributed by atoms with Gasteiger partial charge in [0.05, 0.1) is 31.8 Å². The standard InChI is InChI=1S/C24H25N3O7S/c1-4-32-20-7-5-16(13-21(20)30-3)23-25-24(34-26-23)22-15(2)18-14-17(6-8-19(18)33-22)35(28,29)27-9-11-31-12-10-27/h5-8,13-14H,4,9-12H2,1-3H3. The molecule has 5 rings (SSSR count). The Hall–Kier alpha value is -3.41. The minimum Gasteiger partial charge on any atom is -0.493 e. The molecule has 4 aromatic rings. The second-order valence-electron chi connectivity index (χ2n) is 7.95. The fraction of sp³-hybridized carbons (Fsp3) is 0.333. The summed E-state index contributed by atoms with van der Waals surface area (Å²) in [6.45, 7) is 5.68. The fourth-order valence-corrected chi connectivity index (χ4v) is 5.45. The first-order valence-electron chi connectivity index (χ1n) is 11.2. The largest absolute Gasteiger partial charge is 0.493 e. The van der Waals surface area contributed by atoms with Crippen molar-refractivity contribution in [1.29, 1.82) is 0 Å². The minimum absolute atomic E-state index is 0.194. The highest BCUT2D eigenvalue weighted by atomic mass is 32.2. The van der Waals surface area contributed by atoms with Gasteiger partial charge in [-0.1, -0.05) is 5.16 Å². The SMILES string of the molecule is CCOc1ccc(-c2noc(-c3oc4ccc(S(=O)(=O)N5CCOCC5)cc4c3C)n2)cc1OC. The van der Waals surface area contributed by atoms with Gasteiger partial charge in [0, 0.05) is 29.6 Å². The summed E-state index contributed by atoms with van der Waals surface area (Å²) in [6.07, 6.45) is 0. The van der Waals surface area contributed by atoms with Crippen molar-refractivity contribution in [1.82, 2.24) is 14.4 Å². The van der Waals surface area contributed by atoms with Crippen LogP contribution in [0.5, 0.6) is 11.5 Å². The zero-order chi connectivity index (χ0) is 24.6. The molecule has 0 unspecified atom stereocenters. The molecule has 0 atom stereocenters. The molecule has 10 nitrogen and oxygen atoms in total. The molecule has 2 aromatic carbocycles. The lowest BCUT2D eigenvalue weighted by Gasteiger charge is -2.26. The van der Waals surface area contributed by atoms with Crippen LogP contribution in [0.4, 0.5) is 0 Å². The second-order valence-corrected chi connectivity index (χ2v) is 9.89. The normalized spacial score (nSPS) is 14.9. The number of rotatable bonds is 7. The smallest absolute Gasteiger partial charge is 0.294 e. The molecular weight excluding hydrogens is 474 g/mol. The van der Waals surface area contributed by atoms with Crippen LogP contribution in [-0.4, -0.2) is 62.9 Å². The summed E-state index contributed by atoms with van der Waals surface area (Å²) in [4.78, 5) is 4.70.